The third-order valence-corrected chi connectivity index (χ3v) is 2.62. The van der Waals surface area contributed by atoms with Gasteiger partial charge in [-0.1, -0.05) is 41.5 Å². The van der Waals surface area contributed by atoms with E-state index in [-0.39, 0.29) is 18.6 Å². The third-order valence-electron chi connectivity index (χ3n) is 2.62. The molecule has 2 nitrogen and oxygen atoms in total. The van der Waals surface area contributed by atoms with Crippen molar-refractivity contribution in [2.75, 3.05) is 13.2 Å². The van der Waals surface area contributed by atoms with Crippen molar-refractivity contribution in [1.29, 1.82) is 0 Å². The van der Waals surface area contributed by atoms with Crippen LogP contribution in [0.15, 0.2) is 0 Å². The molecule has 1 fully saturated rings. The van der Waals surface area contributed by atoms with E-state index in [1.54, 1.807) is 0 Å². The predicted octanol–water partition coefficient (Wildman–Crippen LogP) is 3.60. The highest BCUT2D eigenvalue weighted by atomic mass is 16.7. The quantitative estimate of drug-likeness (QED) is 0.696. The van der Waals surface area contributed by atoms with Gasteiger partial charge in [0.2, 0.25) is 0 Å². The fourth-order valence-corrected chi connectivity index (χ4v) is 1.64. The summed E-state index contributed by atoms with van der Waals surface area (Å²) < 4.78 is 11.7. The first-order valence-corrected chi connectivity index (χ1v) is 5.31. The van der Waals surface area contributed by atoms with Gasteiger partial charge >= 0.3 is 0 Å². The highest BCUT2D eigenvalue weighted by molar-refractivity contribution is 4.78. The fraction of sp³-hybridized carbons (Fsp3) is 1.00. The molecule has 0 amide bonds. The third kappa shape index (κ3) is 3.25. The molecule has 0 aromatic heterocycles. The molecule has 14 heavy (non-hydrogen) atoms. The van der Waals surface area contributed by atoms with Crippen molar-refractivity contribution in [3.05, 3.63) is 0 Å². The van der Waals surface area contributed by atoms with Crippen LogP contribution in [0.2, 0.25) is 0 Å². The van der Waals surface area contributed by atoms with Crippen LogP contribution < -0.4 is 0 Å². The van der Waals surface area contributed by atoms with E-state index in [1.807, 2.05) is 0 Å². The van der Waals surface area contributed by atoms with Crippen molar-refractivity contribution in [2.24, 2.45) is 5.41 Å². The van der Waals surface area contributed by atoms with Crippen LogP contribution in [0.25, 0.3) is 0 Å². The molecule has 0 atom stereocenters. The summed E-state index contributed by atoms with van der Waals surface area (Å²) in [4.78, 5) is 0. The number of hydrogen-bond donors (Lipinski definition) is 0. The topological polar surface area (TPSA) is 18.5 Å². The minimum atomic E-state index is -0.274. The lowest BCUT2D eigenvalue weighted by Crippen LogP contribution is -2.47. The van der Waals surface area contributed by atoms with Crippen LogP contribution in [0.3, 0.4) is 0 Å². The minimum Gasteiger partial charge on any atom is -0.349 e. The summed E-state index contributed by atoms with van der Waals surface area (Å²) >= 11 is 0. The van der Waals surface area contributed by atoms with Gasteiger partial charge < -0.3 is 9.47 Å². The largest absolute Gasteiger partial charge is 0.349 e. The SMILES string of the molecule is C.CCCC1(CC)OCC(C)(C)CO1. The maximum absolute atomic E-state index is 5.85. The Morgan fingerprint density at radius 2 is 1.57 bits per heavy atom. The number of hydrogen-bond acceptors (Lipinski definition) is 2. The molecule has 0 bridgehead atoms. The van der Waals surface area contributed by atoms with Crippen molar-refractivity contribution in [3.63, 3.8) is 0 Å². The summed E-state index contributed by atoms with van der Waals surface area (Å²) in [6, 6.07) is 0. The summed E-state index contributed by atoms with van der Waals surface area (Å²) in [6.07, 6.45) is 3.09. The maximum Gasteiger partial charge on any atom is 0.168 e. The Hall–Kier alpha value is -0.0800. The average molecular weight is 202 g/mol. The van der Waals surface area contributed by atoms with Crippen molar-refractivity contribution >= 4 is 0 Å². The van der Waals surface area contributed by atoms with E-state index in [4.69, 9.17) is 9.47 Å². The first kappa shape index (κ1) is 13.9. The second kappa shape index (κ2) is 5.13. The predicted molar refractivity (Wildman–Crippen MR) is 60.3 cm³/mol. The first-order chi connectivity index (χ1) is 6.04. The van der Waals surface area contributed by atoms with Gasteiger partial charge in [0.1, 0.15) is 0 Å². The normalized spacial score (nSPS) is 24.0. The molecule has 1 aliphatic rings. The molecule has 1 rings (SSSR count). The smallest absolute Gasteiger partial charge is 0.168 e. The molecule has 0 saturated carbocycles. The second-order valence-electron chi connectivity index (χ2n) is 4.76. The molecule has 1 heterocycles. The highest BCUT2D eigenvalue weighted by Gasteiger charge is 2.38. The molecule has 0 aliphatic carbocycles. The monoisotopic (exact) mass is 202 g/mol. The Morgan fingerprint density at radius 1 is 1.07 bits per heavy atom. The molecule has 0 spiro atoms. The zero-order chi connectivity index (χ0) is 9.95. The van der Waals surface area contributed by atoms with E-state index in [0.717, 1.165) is 32.5 Å². The molecular weight excluding hydrogens is 176 g/mol. The summed E-state index contributed by atoms with van der Waals surface area (Å²) in [5.74, 6) is -0.274. The van der Waals surface area contributed by atoms with Crippen LogP contribution in [-0.4, -0.2) is 19.0 Å². The molecule has 1 aliphatic heterocycles. The van der Waals surface area contributed by atoms with Crippen LogP contribution in [0.5, 0.6) is 0 Å². The molecule has 1 saturated heterocycles. The van der Waals surface area contributed by atoms with Crippen LogP contribution in [0.4, 0.5) is 0 Å². The first-order valence-electron chi connectivity index (χ1n) is 5.31. The summed E-state index contributed by atoms with van der Waals surface area (Å²) in [5.41, 5.74) is 0.187. The van der Waals surface area contributed by atoms with Gasteiger partial charge in [-0.25, -0.2) is 0 Å². The van der Waals surface area contributed by atoms with Gasteiger partial charge in [0, 0.05) is 11.8 Å². The molecule has 0 N–H and O–H groups in total. The minimum absolute atomic E-state index is 0. The van der Waals surface area contributed by atoms with Gasteiger partial charge in [0.25, 0.3) is 0 Å². The van der Waals surface area contributed by atoms with Crippen molar-refractivity contribution in [1.82, 2.24) is 0 Å². The van der Waals surface area contributed by atoms with E-state index in [2.05, 4.69) is 27.7 Å². The summed E-state index contributed by atoms with van der Waals surface area (Å²) in [6.45, 7) is 10.3. The lowest BCUT2D eigenvalue weighted by Gasteiger charge is -2.43. The van der Waals surface area contributed by atoms with E-state index in [1.165, 1.54) is 0 Å². The number of rotatable bonds is 3. The molecule has 86 valence electrons. The van der Waals surface area contributed by atoms with Crippen molar-refractivity contribution in [2.45, 2.75) is 60.2 Å². The Balaban J connectivity index is 0.00000169. The highest BCUT2D eigenvalue weighted by Crippen LogP contribution is 2.34. The van der Waals surface area contributed by atoms with E-state index in [9.17, 15) is 0 Å². The lowest BCUT2D eigenvalue weighted by molar-refractivity contribution is -0.302. The molecular formula is C12H26O2. The van der Waals surface area contributed by atoms with E-state index in [0.29, 0.717) is 0 Å². The van der Waals surface area contributed by atoms with E-state index < -0.39 is 0 Å². The van der Waals surface area contributed by atoms with Gasteiger partial charge in [-0.3, -0.25) is 0 Å². The van der Waals surface area contributed by atoms with Gasteiger partial charge in [-0.2, -0.15) is 0 Å². The van der Waals surface area contributed by atoms with Crippen LogP contribution in [-0.2, 0) is 9.47 Å². The maximum atomic E-state index is 5.85. The van der Waals surface area contributed by atoms with Crippen LogP contribution in [0.1, 0.15) is 54.4 Å². The molecule has 2 heteroatoms. The molecule has 0 aromatic carbocycles. The van der Waals surface area contributed by atoms with Crippen LogP contribution in [0, 0.1) is 5.41 Å². The van der Waals surface area contributed by atoms with E-state index >= 15 is 0 Å². The Bertz CT molecular complexity index is 154. The zero-order valence-corrected chi connectivity index (χ0v) is 9.35. The Kier molecular flexibility index (Phi) is 5.10. The standard InChI is InChI=1S/C11H22O2.CH4/c1-5-7-11(6-2)12-8-10(3,4)9-13-11;/h5-9H2,1-4H3;1H4. The van der Waals surface area contributed by atoms with Crippen LogP contribution >= 0.6 is 0 Å². The Labute approximate surface area is 89.0 Å². The van der Waals surface area contributed by atoms with Gasteiger partial charge in [-0.05, 0) is 6.42 Å². The van der Waals surface area contributed by atoms with Crippen molar-refractivity contribution in [3.8, 4) is 0 Å². The lowest BCUT2D eigenvalue weighted by atomic mass is 9.93. The fourth-order valence-electron chi connectivity index (χ4n) is 1.64. The zero-order valence-electron chi connectivity index (χ0n) is 9.35. The van der Waals surface area contributed by atoms with Crippen molar-refractivity contribution < 1.29 is 9.47 Å². The van der Waals surface area contributed by atoms with Gasteiger partial charge in [0.05, 0.1) is 13.2 Å². The summed E-state index contributed by atoms with van der Waals surface area (Å²) in [7, 11) is 0. The van der Waals surface area contributed by atoms with Gasteiger partial charge in [-0.15, -0.1) is 0 Å². The Morgan fingerprint density at radius 3 is 1.93 bits per heavy atom. The number of ether oxygens (including phenoxy) is 2. The molecule has 0 unspecified atom stereocenters. The average Bonchev–Trinajstić information content (AvgIpc) is 2.10. The summed E-state index contributed by atoms with van der Waals surface area (Å²) in [5, 5.41) is 0. The second-order valence-corrected chi connectivity index (χ2v) is 4.76. The molecule has 0 aromatic rings. The molecule has 0 radical (unpaired) electrons. The van der Waals surface area contributed by atoms with Gasteiger partial charge in [0.15, 0.2) is 5.79 Å².